The zero-order valence-corrected chi connectivity index (χ0v) is 12.7. The summed E-state index contributed by atoms with van der Waals surface area (Å²) >= 11 is 1.86. The van der Waals surface area contributed by atoms with Gasteiger partial charge in [0.05, 0.1) is 5.01 Å². The van der Waals surface area contributed by atoms with Gasteiger partial charge in [-0.15, -0.1) is 11.3 Å². The molecule has 1 aromatic carbocycles. The lowest BCUT2D eigenvalue weighted by Crippen LogP contribution is -2.24. The number of benzene rings is 1. The molecule has 1 saturated carbocycles. The molecule has 0 radical (unpaired) electrons. The van der Waals surface area contributed by atoms with Gasteiger partial charge in [0.1, 0.15) is 0 Å². The number of aromatic nitrogens is 1. The third kappa shape index (κ3) is 3.90. The molecule has 0 amide bonds. The van der Waals surface area contributed by atoms with Crippen molar-refractivity contribution in [3.05, 3.63) is 52.0 Å². The van der Waals surface area contributed by atoms with Crippen LogP contribution in [0.2, 0.25) is 0 Å². The average Bonchev–Trinajstić information content (AvgIpc) is 3.16. The minimum Gasteiger partial charge on any atom is -0.309 e. The minimum atomic E-state index is 0.741. The van der Waals surface area contributed by atoms with Gasteiger partial charge in [0.25, 0.3) is 0 Å². The summed E-state index contributed by atoms with van der Waals surface area (Å²) in [4.78, 5) is 5.93. The van der Waals surface area contributed by atoms with E-state index in [-0.39, 0.29) is 0 Å². The summed E-state index contributed by atoms with van der Waals surface area (Å²) in [5, 5.41) is 4.92. The molecule has 1 aliphatic rings. The topological polar surface area (TPSA) is 24.9 Å². The zero-order chi connectivity index (χ0) is 13.6. The van der Waals surface area contributed by atoms with E-state index in [1.54, 1.807) is 0 Å². The molecular weight excluding hydrogens is 264 g/mol. The van der Waals surface area contributed by atoms with Crippen molar-refractivity contribution in [1.82, 2.24) is 10.3 Å². The molecule has 2 aromatic rings. The Labute approximate surface area is 125 Å². The Morgan fingerprint density at radius 1 is 1.10 bits per heavy atom. The van der Waals surface area contributed by atoms with E-state index in [2.05, 4.69) is 40.6 Å². The van der Waals surface area contributed by atoms with E-state index in [0.29, 0.717) is 0 Å². The van der Waals surface area contributed by atoms with Gasteiger partial charge in [0.15, 0.2) is 0 Å². The molecule has 2 nitrogen and oxygen atoms in total. The number of hydrogen-bond acceptors (Lipinski definition) is 3. The van der Waals surface area contributed by atoms with E-state index in [1.807, 2.05) is 17.5 Å². The van der Waals surface area contributed by atoms with E-state index in [0.717, 1.165) is 25.4 Å². The van der Waals surface area contributed by atoms with Crippen molar-refractivity contribution >= 4 is 11.3 Å². The Bertz CT molecular complexity index is 515. The lowest BCUT2D eigenvalue weighted by atomic mass is 10.1. The first-order valence-corrected chi connectivity index (χ1v) is 8.43. The molecule has 20 heavy (non-hydrogen) atoms. The first-order chi connectivity index (χ1) is 9.90. The molecule has 1 aliphatic carbocycles. The van der Waals surface area contributed by atoms with Crippen LogP contribution in [0.3, 0.4) is 0 Å². The monoisotopic (exact) mass is 286 g/mol. The normalized spacial score (nSPS) is 15.8. The van der Waals surface area contributed by atoms with E-state index in [1.165, 1.54) is 41.1 Å². The third-order valence-electron chi connectivity index (χ3n) is 3.99. The van der Waals surface area contributed by atoms with Crippen LogP contribution in [0.15, 0.2) is 36.5 Å². The number of hydrogen-bond donors (Lipinski definition) is 1. The van der Waals surface area contributed by atoms with E-state index in [9.17, 15) is 0 Å². The fraction of sp³-hybridized carbons (Fsp3) is 0.471. The first kappa shape index (κ1) is 13.8. The van der Waals surface area contributed by atoms with Crippen LogP contribution in [0.4, 0.5) is 0 Å². The molecule has 1 aromatic heterocycles. The predicted molar refractivity (Wildman–Crippen MR) is 85.1 cm³/mol. The number of nitrogens with one attached hydrogen (secondary N) is 1. The van der Waals surface area contributed by atoms with Crippen molar-refractivity contribution in [1.29, 1.82) is 0 Å². The van der Waals surface area contributed by atoms with E-state index in [4.69, 9.17) is 0 Å². The van der Waals surface area contributed by atoms with Gasteiger partial charge < -0.3 is 5.32 Å². The lowest BCUT2D eigenvalue weighted by Gasteiger charge is -2.09. The predicted octanol–water partition coefficient (Wildman–Crippen LogP) is 3.96. The maximum atomic E-state index is 4.56. The van der Waals surface area contributed by atoms with E-state index >= 15 is 0 Å². The lowest BCUT2D eigenvalue weighted by molar-refractivity contribution is 0.527. The second-order valence-corrected chi connectivity index (χ2v) is 6.77. The summed E-state index contributed by atoms with van der Waals surface area (Å²) in [5.41, 5.74) is 1.40. The van der Waals surface area contributed by atoms with Crippen LogP contribution in [0.5, 0.6) is 0 Å². The molecule has 3 rings (SSSR count). The highest BCUT2D eigenvalue weighted by Gasteiger charge is 2.14. The second kappa shape index (κ2) is 7.00. The number of aryl methyl sites for hydroxylation is 2. The summed E-state index contributed by atoms with van der Waals surface area (Å²) in [5.74, 6) is 0. The van der Waals surface area contributed by atoms with Gasteiger partial charge in [-0.1, -0.05) is 43.2 Å². The smallest absolute Gasteiger partial charge is 0.0931 e. The second-order valence-electron chi connectivity index (χ2n) is 5.57. The highest BCUT2D eigenvalue weighted by molar-refractivity contribution is 7.11. The van der Waals surface area contributed by atoms with Crippen molar-refractivity contribution in [3.8, 4) is 0 Å². The maximum absolute atomic E-state index is 4.56. The highest BCUT2D eigenvalue weighted by Crippen LogP contribution is 2.20. The van der Waals surface area contributed by atoms with Crippen LogP contribution < -0.4 is 5.32 Å². The fourth-order valence-electron chi connectivity index (χ4n) is 2.82. The summed E-state index contributed by atoms with van der Waals surface area (Å²) in [6.45, 7) is 0.994. The molecule has 0 saturated heterocycles. The van der Waals surface area contributed by atoms with E-state index < -0.39 is 0 Å². The van der Waals surface area contributed by atoms with Gasteiger partial charge in [0, 0.05) is 30.1 Å². The number of thiazole rings is 1. The quantitative estimate of drug-likeness (QED) is 0.869. The maximum Gasteiger partial charge on any atom is 0.0931 e. The van der Waals surface area contributed by atoms with Crippen LogP contribution in [0.1, 0.15) is 41.1 Å². The van der Waals surface area contributed by atoms with Crippen molar-refractivity contribution in [2.24, 2.45) is 0 Å². The van der Waals surface area contributed by atoms with Gasteiger partial charge in [-0.05, 0) is 24.8 Å². The molecular formula is C17H22N2S. The summed E-state index contributed by atoms with van der Waals surface area (Å²) < 4.78 is 0. The molecule has 1 N–H and O–H groups in total. The summed E-state index contributed by atoms with van der Waals surface area (Å²) in [6.07, 6.45) is 9.67. The van der Waals surface area contributed by atoms with Crippen LogP contribution in [0, 0.1) is 0 Å². The van der Waals surface area contributed by atoms with Gasteiger partial charge >= 0.3 is 0 Å². The number of rotatable bonds is 6. The molecule has 1 fully saturated rings. The average molecular weight is 286 g/mol. The fourth-order valence-corrected chi connectivity index (χ4v) is 3.69. The first-order valence-electron chi connectivity index (χ1n) is 7.61. The summed E-state index contributed by atoms with van der Waals surface area (Å²) in [7, 11) is 0. The molecule has 0 aliphatic heterocycles. The van der Waals surface area contributed by atoms with Crippen molar-refractivity contribution in [3.63, 3.8) is 0 Å². The largest absolute Gasteiger partial charge is 0.309 e. The van der Waals surface area contributed by atoms with Gasteiger partial charge in [-0.3, -0.25) is 0 Å². The van der Waals surface area contributed by atoms with Crippen LogP contribution in [0.25, 0.3) is 0 Å². The molecule has 1 heterocycles. The van der Waals surface area contributed by atoms with Crippen molar-refractivity contribution in [2.45, 2.75) is 51.1 Å². The Hall–Kier alpha value is -1.19. The Morgan fingerprint density at radius 2 is 1.90 bits per heavy atom. The molecule has 0 atom stereocenters. The Kier molecular flexibility index (Phi) is 4.82. The third-order valence-corrected chi connectivity index (χ3v) is 5.05. The molecule has 0 bridgehead atoms. The van der Waals surface area contributed by atoms with Crippen LogP contribution >= 0.6 is 11.3 Å². The molecule has 0 unspecified atom stereocenters. The Morgan fingerprint density at radius 3 is 2.70 bits per heavy atom. The molecule has 106 valence electrons. The standard InChI is InChI=1S/C17H22N2S/c1-2-6-14(7-3-1)10-11-17-19-13-16(20-17)12-18-15-8-4-5-9-15/h1-3,6-7,13,15,18H,4-5,8-12H2. The van der Waals surface area contributed by atoms with Gasteiger partial charge in [-0.25, -0.2) is 4.98 Å². The minimum absolute atomic E-state index is 0.741. The SMILES string of the molecule is c1ccc(CCc2ncc(CNC3CCCC3)s2)cc1. The van der Waals surface area contributed by atoms with Gasteiger partial charge in [-0.2, -0.15) is 0 Å². The summed E-state index contributed by atoms with van der Waals surface area (Å²) in [6, 6.07) is 11.4. The molecule has 0 spiro atoms. The van der Waals surface area contributed by atoms with Crippen LogP contribution in [-0.2, 0) is 19.4 Å². The zero-order valence-electron chi connectivity index (χ0n) is 11.8. The van der Waals surface area contributed by atoms with Crippen LogP contribution in [-0.4, -0.2) is 11.0 Å². The number of nitrogens with zero attached hydrogens (tertiary/aromatic N) is 1. The van der Waals surface area contributed by atoms with Crippen molar-refractivity contribution < 1.29 is 0 Å². The Balaban J connectivity index is 1.46. The highest BCUT2D eigenvalue weighted by atomic mass is 32.1. The molecule has 3 heteroatoms. The van der Waals surface area contributed by atoms with Crippen molar-refractivity contribution in [2.75, 3.05) is 0 Å². The van der Waals surface area contributed by atoms with Gasteiger partial charge in [0.2, 0.25) is 0 Å².